The average Bonchev–Trinajstić information content (AvgIpc) is 2.47. The summed E-state index contributed by atoms with van der Waals surface area (Å²) in [6.45, 7) is 0. The molecule has 0 atom stereocenters. The van der Waals surface area contributed by atoms with Crippen LogP contribution in [-0.2, 0) is 4.79 Å². The summed E-state index contributed by atoms with van der Waals surface area (Å²) in [6, 6.07) is 15.9. The Morgan fingerprint density at radius 3 is 2.45 bits per heavy atom. The van der Waals surface area contributed by atoms with Crippen LogP contribution in [0.15, 0.2) is 54.6 Å². The summed E-state index contributed by atoms with van der Waals surface area (Å²) >= 11 is 0. The molecule has 0 aliphatic carbocycles. The van der Waals surface area contributed by atoms with Crippen molar-refractivity contribution in [1.29, 1.82) is 5.26 Å². The monoisotopic (exact) mass is 265 g/mol. The number of hydrogen-bond acceptors (Lipinski definition) is 3. The highest BCUT2D eigenvalue weighted by atomic mass is 16.5. The molecule has 2 aromatic rings. The normalized spacial score (nSPS) is 10.2. The molecule has 0 aliphatic rings. The van der Waals surface area contributed by atoms with E-state index in [0.717, 1.165) is 6.08 Å². The predicted octanol–water partition coefficient (Wildman–Crippen LogP) is 3.45. The lowest BCUT2D eigenvalue weighted by Crippen LogP contribution is -1.91. The van der Waals surface area contributed by atoms with E-state index in [9.17, 15) is 4.79 Å². The van der Waals surface area contributed by atoms with Crippen LogP contribution < -0.4 is 4.74 Å². The lowest BCUT2D eigenvalue weighted by molar-refractivity contribution is -0.131. The van der Waals surface area contributed by atoms with Crippen LogP contribution in [0.5, 0.6) is 11.5 Å². The topological polar surface area (TPSA) is 70.3 Å². The standard InChI is InChI=1S/C16H11NO3/c17-11-13-6-2-4-8-15(13)20-14-7-3-1-5-12(14)9-10-16(18)19/h1-10H,(H,18,19). The zero-order valence-corrected chi connectivity index (χ0v) is 10.5. The SMILES string of the molecule is N#Cc1ccccc1Oc1ccccc1C=CC(=O)O. The van der Waals surface area contributed by atoms with Crippen LogP contribution >= 0.6 is 0 Å². The molecule has 0 aliphatic heterocycles. The Morgan fingerprint density at radius 1 is 1.10 bits per heavy atom. The van der Waals surface area contributed by atoms with E-state index in [1.807, 2.05) is 6.07 Å². The molecular weight excluding hydrogens is 254 g/mol. The molecule has 0 bridgehead atoms. The van der Waals surface area contributed by atoms with Crippen molar-refractivity contribution < 1.29 is 14.6 Å². The molecule has 0 spiro atoms. The molecule has 0 aromatic heterocycles. The minimum atomic E-state index is -1.03. The van der Waals surface area contributed by atoms with Crippen molar-refractivity contribution in [3.05, 3.63) is 65.7 Å². The van der Waals surface area contributed by atoms with E-state index in [4.69, 9.17) is 15.1 Å². The van der Waals surface area contributed by atoms with Gasteiger partial charge in [0.25, 0.3) is 0 Å². The van der Waals surface area contributed by atoms with Gasteiger partial charge in [0, 0.05) is 11.6 Å². The van der Waals surface area contributed by atoms with Crippen LogP contribution in [0.4, 0.5) is 0 Å². The molecule has 0 unspecified atom stereocenters. The summed E-state index contributed by atoms with van der Waals surface area (Å²) in [7, 11) is 0. The first-order valence-electron chi connectivity index (χ1n) is 5.87. The third kappa shape index (κ3) is 3.24. The highest BCUT2D eigenvalue weighted by Gasteiger charge is 2.06. The fraction of sp³-hybridized carbons (Fsp3) is 0. The van der Waals surface area contributed by atoms with Crippen LogP contribution in [-0.4, -0.2) is 11.1 Å². The third-order valence-corrected chi connectivity index (χ3v) is 2.55. The lowest BCUT2D eigenvalue weighted by Gasteiger charge is -2.09. The Hall–Kier alpha value is -3.06. The third-order valence-electron chi connectivity index (χ3n) is 2.55. The zero-order chi connectivity index (χ0) is 14.4. The number of carbonyl (C=O) groups is 1. The molecule has 0 saturated heterocycles. The van der Waals surface area contributed by atoms with E-state index in [2.05, 4.69) is 0 Å². The van der Waals surface area contributed by atoms with Crippen LogP contribution in [0.1, 0.15) is 11.1 Å². The smallest absolute Gasteiger partial charge is 0.328 e. The molecule has 4 heteroatoms. The molecule has 2 rings (SSSR count). The zero-order valence-electron chi connectivity index (χ0n) is 10.5. The van der Waals surface area contributed by atoms with E-state index in [-0.39, 0.29) is 0 Å². The summed E-state index contributed by atoms with van der Waals surface area (Å²) < 4.78 is 5.70. The minimum Gasteiger partial charge on any atom is -0.478 e. The summed E-state index contributed by atoms with van der Waals surface area (Å²) in [5.74, 6) is -0.101. The maximum Gasteiger partial charge on any atom is 0.328 e. The first-order valence-corrected chi connectivity index (χ1v) is 5.87. The van der Waals surface area contributed by atoms with Gasteiger partial charge < -0.3 is 9.84 Å². The molecule has 1 N–H and O–H groups in total. The number of nitrogens with zero attached hydrogens (tertiary/aromatic N) is 1. The van der Waals surface area contributed by atoms with Crippen molar-refractivity contribution in [2.75, 3.05) is 0 Å². The van der Waals surface area contributed by atoms with Gasteiger partial charge in [-0.15, -0.1) is 0 Å². The molecule has 0 radical (unpaired) electrons. The Kier molecular flexibility index (Phi) is 4.15. The van der Waals surface area contributed by atoms with E-state index in [0.29, 0.717) is 22.6 Å². The first-order chi connectivity index (χ1) is 9.70. The number of aliphatic carboxylic acids is 1. The van der Waals surface area contributed by atoms with Gasteiger partial charge in [-0.2, -0.15) is 5.26 Å². The Bertz CT molecular complexity index is 699. The predicted molar refractivity (Wildman–Crippen MR) is 74.3 cm³/mol. The van der Waals surface area contributed by atoms with Gasteiger partial charge in [0.1, 0.15) is 17.6 Å². The van der Waals surface area contributed by atoms with Gasteiger partial charge in [0.2, 0.25) is 0 Å². The van der Waals surface area contributed by atoms with Crippen LogP contribution in [0, 0.1) is 11.3 Å². The molecule has 20 heavy (non-hydrogen) atoms. The highest BCUT2D eigenvalue weighted by Crippen LogP contribution is 2.28. The first kappa shape index (κ1) is 13.4. The molecule has 2 aromatic carbocycles. The number of rotatable bonds is 4. The molecule has 98 valence electrons. The van der Waals surface area contributed by atoms with Crippen molar-refractivity contribution in [2.45, 2.75) is 0 Å². The van der Waals surface area contributed by atoms with Crippen molar-refractivity contribution >= 4 is 12.0 Å². The van der Waals surface area contributed by atoms with E-state index in [1.165, 1.54) is 6.08 Å². The minimum absolute atomic E-state index is 0.421. The van der Waals surface area contributed by atoms with E-state index < -0.39 is 5.97 Å². The summed E-state index contributed by atoms with van der Waals surface area (Å²) in [4.78, 5) is 10.6. The molecule has 4 nitrogen and oxygen atoms in total. The van der Waals surface area contributed by atoms with Gasteiger partial charge in [-0.05, 0) is 24.3 Å². The Balaban J connectivity index is 2.35. The van der Waals surface area contributed by atoms with Gasteiger partial charge in [0.05, 0.1) is 5.56 Å². The number of carboxylic acid groups (broad SMARTS) is 1. The van der Waals surface area contributed by atoms with Gasteiger partial charge in [-0.1, -0.05) is 30.3 Å². The number of para-hydroxylation sites is 2. The molecule has 0 amide bonds. The second-order valence-electron chi connectivity index (χ2n) is 3.92. The average molecular weight is 265 g/mol. The van der Waals surface area contributed by atoms with Crippen molar-refractivity contribution in [1.82, 2.24) is 0 Å². The van der Waals surface area contributed by atoms with E-state index >= 15 is 0 Å². The number of carboxylic acids is 1. The van der Waals surface area contributed by atoms with Crippen molar-refractivity contribution in [3.8, 4) is 17.6 Å². The number of hydrogen-bond donors (Lipinski definition) is 1. The van der Waals surface area contributed by atoms with Crippen molar-refractivity contribution in [3.63, 3.8) is 0 Å². The van der Waals surface area contributed by atoms with Crippen LogP contribution in [0.2, 0.25) is 0 Å². The number of benzene rings is 2. The number of nitriles is 1. The van der Waals surface area contributed by atoms with Gasteiger partial charge in [0.15, 0.2) is 0 Å². The van der Waals surface area contributed by atoms with Crippen molar-refractivity contribution in [2.24, 2.45) is 0 Å². The Morgan fingerprint density at radius 2 is 1.75 bits per heavy atom. The van der Waals surface area contributed by atoms with Gasteiger partial charge >= 0.3 is 5.97 Å². The van der Waals surface area contributed by atoms with E-state index in [1.54, 1.807) is 48.5 Å². The second-order valence-corrected chi connectivity index (χ2v) is 3.92. The fourth-order valence-electron chi connectivity index (χ4n) is 1.64. The molecular formula is C16H11NO3. The van der Waals surface area contributed by atoms with Gasteiger partial charge in [-0.3, -0.25) is 0 Å². The lowest BCUT2D eigenvalue weighted by atomic mass is 10.1. The fourth-order valence-corrected chi connectivity index (χ4v) is 1.64. The largest absolute Gasteiger partial charge is 0.478 e. The summed E-state index contributed by atoms with van der Waals surface area (Å²) in [5.41, 5.74) is 1.05. The Labute approximate surface area is 116 Å². The molecule has 0 saturated carbocycles. The molecule has 0 fully saturated rings. The highest BCUT2D eigenvalue weighted by molar-refractivity contribution is 5.85. The second kappa shape index (κ2) is 6.21. The molecule has 0 heterocycles. The van der Waals surface area contributed by atoms with Crippen LogP contribution in [0.3, 0.4) is 0 Å². The number of ether oxygens (including phenoxy) is 1. The maximum absolute atomic E-state index is 10.6. The summed E-state index contributed by atoms with van der Waals surface area (Å²) in [5, 5.41) is 17.7. The maximum atomic E-state index is 10.6. The summed E-state index contributed by atoms with van der Waals surface area (Å²) in [6.07, 6.45) is 2.49. The van der Waals surface area contributed by atoms with Gasteiger partial charge in [-0.25, -0.2) is 4.79 Å². The van der Waals surface area contributed by atoms with Crippen LogP contribution in [0.25, 0.3) is 6.08 Å². The quantitative estimate of drug-likeness (QED) is 0.859.